The van der Waals surface area contributed by atoms with Crippen LogP contribution in [0, 0.1) is 11.8 Å². The molecule has 0 aromatic heterocycles. The van der Waals surface area contributed by atoms with E-state index < -0.39 is 0 Å². The van der Waals surface area contributed by atoms with Gasteiger partial charge in [-0.3, -0.25) is 0 Å². The van der Waals surface area contributed by atoms with Crippen LogP contribution in [0.5, 0.6) is 11.5 Å². The molecule has 0 radical (unpaired) electrons. The molecule has 154 valence electrons. The summed E-state index contributed by atoms with van der Waals surface area (Å²) in [6.07, 6.45) is 17.4. The van der Waals surface area contributed by atoms with Crippen molar-refractivity contribution < 1.29 is 9.47 Å². The summed E-state index contributed by atoms with van der Waals surface area (Å²) in [5.41, 5.74) is 0. The zero-order chi connectivity index (χ0) is 19.2. The lowest BCUT2D eigenvalue weighted by Gasteiger charge is -2.31. The average Bonchev–Trinajstić information content (AvgIpc) is 2.70. The predicted octanol–water partition coefficient (Wildman–Crippen LogP) is 7.80. The van der Waals surface area contributed by atoms with E-state index in [-0.39, 0.29) is 0 Å². The minimum Gasteiger partial charge on any atom is -0.494 e. The second-order valence-corrected chi connectivity index (χ2v) is 8.32. The maximum Gasteiger partial charge on any atom is 0.119 e. The summed E-state index contributed by atoms with van der Waals surface area (Å²) in [5.74, 6) is 3.85. The highest BCUT2D eigenvalue weighted by Gasteiger charge is 2.23. The van der Waals surface area contributed by atoms with E-state index >= 15 is 0 Å². The molecule has 0 bridgehead atoms. The average molecular weight is 375 g/mol. The monoisotopic (exact) mass is 374 g/mol. The highest BCUT2D eigenvalue weighted by molar-refractivity contribution is 5.31. The first-order chi connectivity index (χ1) is 13.3. The van der Waals surface area contributed by atoms with Gasteiger partial charge in [-0.15, -0.1) is 0 Å². The van der Waals surface area contributed by atoms with Gasteiger partial charge in [-0.05, 0) is 55.4 Å². The molecule has 0 saturated heterocycles. The van der Waals surface area contributed by atoms with E-state index in [1.807, 2.05) is 24.3 Å². The molecular formula is C25H42O2. The van der Waals surface area contributed by atoms with Crippen LogP contribution in [0.1, 0.15) is 97.3 Å². The summed E-state index contributed by atoms with van der Waals surface area (Å²) in [7, 11) is 0. The Hall–Kier alpha value is -1.18. The van der Waals surface area contributed by atoms with Gasteiger partial charge >= 0.3 is 0 Å². The van der Waals surface area contributed by atoms with E-state index in [0.717, 1.165) is 43.0 Å². The Morgan fingerprint density at radius 1 is 0.667 bits per heavy atom. The summed E-state index contributed by atoms with van der Waals surface area (Å²) in [6, 6.07) is 8.18. The fourth-order valence-electron chi connectivity index (χ4n) is 4.48. The van der Waals surface area contributed by atoms with Crippen LogP contribution >= 0.6 is 0 Å². The Balaban J connectivity index is 1.58. The van der Waals surface area contributed by atoms with E-state index in [4.69, 9.17) is 9.47 Å². The van der Waals surface area contributed by atoms with E-state index in [1.54, 1.807) is 0 Å². The van der Waals surface area contributed by atoms with E-state index in [1.165, 1.54) is 77.0 Å². The lowest BCUT2D eigenvalue weighted by atomic mass is 9.75. The second kappa shape index (κ2) is 13.9. The number of benzene rings is 1. The van der Waals surface area contributed by atoms with Crippen molar-refractivity contribution in [1.82, 2.24) is 0 Å². The van der Waals surface area contributed by atoms with Crippen LogP contribution in [0.3, 0.4) is 0 Å². The fourth-order valence-corrected chi connectivity index (χ4v) is 4.48. The van der Waals surface area contributed by atoms with Gasteiger partial charge in [0.05, 0.1) is 13.2 Å². The molecule has 0 amide bonds. The van der Waals surface area contributed by atoms with Gasteiger partial charge in [0, 0.05) is 0 Å². The van der Waals surface area contributed by atoms with E-state index in [0.29, 0.717) is 0 Å². The number of unbranched alkanes of at least 4 members (excludes halogenated alkanes) is 4. The SMILES string of the molecule is CCCCCCCOc1ccc(OCCCC2CCCCC2CCC)cc1. The standard InChI is InChI=1S/C25H42O2/c1-3-5-6-7-10-20-26-24-16-18-25(19-17-24)27-21-11-15-23-14-9-8-13-22(23)12-4-2/h16-19,22-23H,3-15,20-21H2,1-2H3. The minimum absolute atomic E-state index is 0.824. The third kappa shape index (κ3) is 9.04. The normalized spacial score (nSPS) is 19.8. The maximum absolute atomic E-state index is 5.96. The van der Waals surface area contributed by atoms with Crippen molar-refractivity contribution in [3.63, 3.8) is 0 Å². The van der Waals surface area contributed by atoms with E-state index in [9.17, 15) is 0 Å². The number of hydrogen-bond donors (Lipinski definition) is 0. The van der Waals surface area contributed by atoms with Crippen LogP contribution in [0.2, 0.25) is 0 Å². The summed E-state index contributed by atoms with van der Waals surface area (Å²) < 4.78 is 11.8. The van der Waals surface area contributed by atoms with Crippen molar-refractivity contribution in [2.75, 3.05) is 13.2 Å². The maximum atomic E-state index is 5.96. The zero-order valence-corrected chi connectivity index (χ0v) is 17.9. The van der Waals surface area contributed by atoms with Gasteiger partial charge in [-0.1, -0.05) is 78.1 Å². The molecular weight excluding hydrogens is 332 g/mol. The molecule has 0 N–H and O–H groups in total. The van der Waals surface area contributed by atoms with E-state index in [2.05, 4.69) is 13.8 Å². The van der Waals surface area contributed by atoms with Crippen molar-refractivity contribution in [3.05, 3.63) is 24.3 Å². The number of rotatable bonds is 14. The molecule has 1 aliphatic carbocycles. The molecule has 0 aliphatic heterocycles. The highest BCUT2D eigenvalue weighted by atomic mass is 16.5. The topological polar surface area (TPSA) is 18.5 Å². The van der Waals surface area contributed by atoms with Gasteiger partial charge in [0.25, 0.3) is 0 Å². The van der Waals surface area contributed by atoms with Crippen molar-refractivity contribution in [3.8, 4) is 11.5 Å². The fraction of sp³-hybridized carbons (Fsp3) is 0.760. The van der Waals surface area contributed by atoms with Gasteiger partial charge in [-0.25, -0.2) is 0 Å². The molecule has 1 aromatic carbocycles. The van der Waals surface area contributed by atoms with Gasteiger partial charge in [0.2, 0.25) is 0 Å². The molecule has 2 nitrogen and oxygen atoms in total. The van der Waals surface area contributed by atoms with Crippen molar-refractivity contribution >= 4 is 0 Å². The third-order valence-corrected chi connectivity index (χ3v) is 6.05. The van der Waals surface area contributed by atoms with Crippen LogP contribution in [0.15, 0.2) is 24.3 Å². The van der Waals surface area contributed by atoms with Gasteiger partial charge in [-0.2, -0.15) is 0 Å². The molecule has 0 heterocycles. The Morgan fingerprint density at radius 2 is 1.22 bits per heavy atom. The summed E-state index contributed by atoms with van der Waals surface area (Å²) in [4.78, 5) is 0. The predicted molar refractivity (Wildman–Crippen MR) is 116 cm³/mol. The summed E-state index contributed by atoms with van der Waals surface area (Å²) in [6.45, 7) is 6.24. The molecule has 1 saturated carbocycles. The molecule has 2 unspecified atom stereocenters. The highest BCUT2D eigenvalue weighted by Crippen LogP contribution is 2.36. The Bertz CT molecular complexity index is 466. The molecule has 27 heavy (non-hydrogen) atoms. The van der Waals surface area contributed by atoms with Crippen LogP contribution in [-0.4, -0.2) is 13.2 Å². The first-order valence-electron chi connectivity index (χ1n) is 11.7. The van der Waals surface area contributed by atoms with Crippen LogP contribution in [-0.2, 0) is 0 Å². The summed E-state index contributed by atoms with van der Waals surface area (Å²) in [5, 5.41) is 0. The lowest BCUT2D eigenvalue weighted by Crippen LogP contribution is -2.20. The van der Waals surface area contributed by atoms with Crippen LogP contribution < -0.4 is 9.47 Å². The Labute approximate surface area is 168 Å². The molecule has 2 heteroatoms. The lowest BCUT2D eigenvalue weighted by molar-refractivity contribution is 0.193. The Morgan fingerprint density at radius 3 is 1.81 bits per heavy atom. The van der Waals surface area contributed by atoms with Gasteiger partial charge < -0.3 is 9.47 Å². The largest absolute Gasteiger partial charge is 0.494 e. The summed E-state index contributed by atoms with van der Waals surface area (Å²) >= 11 is 0. The first-order valence-corrected chi connectivity index (χ1v) is 11.7. The minimum atomic E-state index is 0.824. The Kier molecular flexibility index (Phi) is 11.4. The first kappa shape index (κ1) is 22.1. The van der Waals surface area contributed by atoms with Crippen molar-refractivity contribution in [2.45, 2.75) is 97.3 Å². The van der Waals surface area contributed by atoms with Crippen LogP contribution in [0.25, 0.3) is 0 Å². The second-order valence-electron chi connectivity index (χ2n) is 8.32. The third-order valence-electron chi connectivity index (χ3n) is 6.05. The molecule has 0 spiro atoms. The van der Waals surface area contributed by atoms with Gasteiger partial charge in [0.15, 0.2) is 0 Å². The van der Waals surface area contributed by atoms with Crippen LogP contribution in [0.4, 0.5) is 0 Å². The quantitative estimate of drug-likeness (QED) is 0.309. The number of ether oxygens (including phenoxy) is 2. The molecule has 1 fully saturated rings. The van der Waals surface area contributed by atoms with Crippen molar-refractivity contribution in [1.29, 1.82) is 0 Å². The molecule has 1 aliphatic rings. The van der Waals surface area contributed by atoms with Crippen molar-refractivity contribution in [2.24, 2.45) is 11.8 Å². The zero-order valence-electron chi connectivity index (χ0n) is 17.9. The smallest absolute Gasteiger partial charge is 0.119 e. The number of hydrogen-bond acceptors (Lipinski definition) is 2. The molecule has 2 atom stereocenters. The molecule has 2 rings (SSSR count). The van der Waals surface area contributed by atoms with Gasteiger partial charge in [0.1, 0.15) is 11.5 Å². The molecule has 1 aromatic rings.